The molecule has 182 valence electrons. The van der Waals surface area contributed by atoms with Gasteiger partial charge in [0, 0.05) is 35.2 Å². The maximum atomic E-state index is 5.61. The standard InChI is InChI=1S/C30H23BrN4OS/c1-19-2-6-25(36-19)7-11-30-33-26-8-5-24(14-29(26)37-30)32-15-20-3-9-27-21(12-20)16-34-18-35(27)17-22-13-23(31)4-10-28(22)34/h2-15H,16-18H2,1H3/b11-7+,32-15?. The summed E-state index contributed by atoms with van der Waals surface area (Å²) in [5.74, 6) is 1.74. The first-order valence-corrected chi connectivity index (χ1v) is 13.8. The van der Waals surface area contributed by atoms with Gasteiger partial charge in [-0.3, -0.25) is 4.99 Å². The van der Waals surface area contributed by atoms with Crippen molar-refractivity contribution in [3.63, 3.8) is 0 Å². The number of hydrogen-bond donors (Lipinski definition) is 0. The fourth-order valence-electron chi connectivity index (χ4n) is 5.08. The van der Waals surface area contributed by atoms with E-state index in [2.05, 4.69) is 68.2 Å². The molecule has 5 aromatic rings. The summed E-state index contributed by atoms with van der Waals surface area (Å²) in [6.45, 7) is 4.71. The van der Waals surface area contributed by atoms with Gasteiger partial charge in [0.1, 0.15) is 16.5 Å². The smallest absolute Gasteiger partial charge is 0.127 e. The van der Waals surface area contributed by atoms with Crippen LogP contribution in [0.2, 0.25) is 0 Å². The number of aromatic nitrogens is 1. The van der Waals surface area contributed by atoms with Crippen molar-refractivity contribution in [2.45, 2.75) is 20.0 Å². The average Bonchev–Trinajstić information content (AvgIpc) is 3.50. The van der Waals surface area contributed by atoms with Crippen molar-refractivity contribution in [3.05, 3.63) is 104 Å². The second kappa shape index (κ2) is 9.01. The van der Waals surface area contributed by atoms with E-state index in [1.165, 1.54) is 22.5 Å². The summed E-state index contributed by atoms with van der Waals surface area (Å²) in [6, 6.07) is 23.4. The molecule has 2 aliphatic rings. The van der Waals surface area contributed by atoms with E-state index in [1.807, 2.05) is 49.6 Å². The van der Waals surface area contributed by atoms with Crippen LogP contribution in [0.4, 0.5) is 17.1 Å². The van der Waals surface area contributed by atoms with Crippen LogP contribution in [-0.2, 0) is 13.1 Å². The molecular weight excluding hydrogens is 544 g/mol. The van der Waals surface area contributed by atoms with Gasteiger partial charge < -0.3 is 14.2 Å². The Balaban J connectivity index is 1.11. The van der Waals surface area contributed by atoms with Crippen molar-refractivity contribution in [2.24, 2.45) is 4.99 Å². The third kappa shape index (κ3) is 4.38. The molecule has 2 bridgehead atoms. The lowest BCUT2D eigenvalue weighted by atomic mass is 10.0. The predicted molar refractivity (Wildman–Crippen MR) is 157 cm³/mol. The Hall–Kier alpha value is -3.68. The molecule has 4 heterocycles. The van der Waals surface area contributed by atoms with Crippen LogP contribution in [-0.4, -0.2) is 17.9 Å². The predicted octanol–water partition coefficient (Wildman–Crippen LogP) is 8.18. The second-order valence-corrected chi connectivity index (χ2v) is 11.4. The number of nitrogens with zero attached hydrogens (tertiary/aromatic N) is 4. The van der Waals surface area contributed by atoms with Crippen LogP contribution < -0.4 is 9.80 Å². The summed E-state index contributed by atoms with van der Waals surface area (Å²) in [6.07, 6.45) is 5.92. The molecular formula is C30H23BrN4OS. The highest BCUT2D eigenvalue weighted by Gasteiger charge is 2.29. The molecule has 0 saturated heterocycles. The number of aryl methyl sites for hydroxylation is 1. The zero-order valence-electron chi connectivity index (χ0n) is 20.2. The normalized spacial score (nSPS) is 14.6. The fourth-order valence-corrected chi connectivity index (χ4v) is 6.39. The molecule has 3 aromatic carbocycles. The molecule has 0 amide bonds. The number of hydrogen-bond acceptors (Lipinski definition) is 6. The molecule has 0 saturated carbocycles. The number of anilines is 2. The molecule has 37 heavy (non-hydrogen) atoms. The molecule has 0 spiro atoms. The largest absolute Gasteiger partial charge is 0.462 e. The van der Waals surface area contributed by atoms with E-state index in [-0.39, 0.29) is 0 Å². The summed E-state index contributed by atoms with van der Waals surface area (Å²) in [5, 5.41) is 0.948. The van der Waals surface area contributed by atoms with Gasteiger partial charge in [-0.15, -0.1) is 11.3 Å². The minimum Gasteiger partial charge on any atom is -0.462 e. The van der Waals surface area contributed by atoms with Crippen molar-refractivity contribution < 1.29 is 4.42 Å². The van der Waals surface area contributed by atoms with Crippen molar-refractivity contribution >= 4 is 72.9 Å². The Kier molecular flexibility index (Phi) is 5.48. The number of rotatable bonds is 4. The molecule has 0 fully saturated rings. The lowest BCUT2D eigenvalue weighted by Gasteiger charge is -2.44. The molecule has 2 aliphatic heterocycles. The Morgan fingerprint density at radius 2 is 1.73 bits per heavy atom. The van der Waals surface area contributed by atoms with Crippen molar-refractivity contribution in [1.82, 2.24) is 4.98 Å². The first-order valence-electron chi connectivity index (χ1n) is 12.2. The SMILES string of the molecule is Cc1ccc(/C=C/c2nc3ccc(N=Cc4ccc5c(c4)CN4CN5Cc5cc(Br)ccc54)cc3s2)o1. The van der Waals surface area contributed by atoms with Crippen LogP contribution in [0.15, 0.2) is 80.6 Å². The van der Waals surface area contributed by atoms with Crippen LogP contribution in [0.1, 0.15) is 33.2 Å². The molecule has 0 radical (unpaired) electrons. The van der Waals surface area contributed by atoms with E-state index in [0.29, 0.717) is 0 Å². The van der Waals surface area contributed by atoms with Crippen LogP contribution in [0.25, 0.3) is 22.4 Å². The topological polar surface area (TPSA) is 44.9 Å². The lowest BCUT2D eigenvalue weighted by Crippen LogP contribution is -2.46. The van der Waals surface area contributed by atoms with Crippen molar-refractivity contribution in [2.75, 3.05) is 16.5 Å². The first-order chi connectivity index (χ1) is 18.1. The first kappa shape index (κ1) is 22.5. The number of aliphatic imine (C=N–C) groups is 1. The summed E-state index contributed by atoms with van der Waals surface area (Å²) in [7, 11) is 0. The molecule has 5 nitrogen and oxygen atoms in total. The molecule has 0 aliphatic carbocycles. The van der Waals surface area contributed by atoms with Gasteiger partial charge in [-0.2, -0.15) is 0 Å². The van der Waals surface area contributed by atoms with Gasteiger partial charge in [-0.25, -0.2) is 4.98 Å². The quantitative estimate of drug-likeness (QED) is 0.206. The lowest BCUT2D eigenvalue weighted by molar-refractivity contribution is 0.525. The van der Waals surface area contributed by atoms with Crippen LogP contribution in [0, 0.1) is 6.92 Å². The molecule has 7 heteroatoms. The zero-order valence-corrected chi connectivity index (χ0v) is 22.6. The molecule has 0 N–H and O–H groups in total. The van der Waals surface area contributed by atoms with Gasteiger partial charge in [0.15, 0.2) is 0 Å². The maximum absolute atomic E-state index is 5.61. The number of furan rings is 1. The monoisotopic (exact) mass is 566 g/mol. The zero-order chi connectivity index (χ0) is 24.9. The van der Waals surface area contributed by atoms with Crippen LogP contribution >= 0.6 is 27.3 Å². The number of thiazole rings is 1. The van der Waals surface area contributed by atoms with Crippen molar-refractivity contribution in [3.8, 4) is 0 Å². The number of halogens is 1. The van der Waals surface area contributed by atoms with Gasteiger partial charge >= 0.3 is 0 Å². The summed E-state index contributed by atoms with van der Waals surface area (Å²) < 4.78 is 7.86. The fraction of sp³-hybridized carbons (Fsp3) is 0.133. The van der Waals surface area contributed by atoms with Crippen LogP contribution in [0.3, 0.4) is 0 Å². The van der Waals surface area contributed by atoms with E-state index < -0.39 is 0 Å². The Morgan fingerprint density at radius 3 is 2.54 bits per heavy atom. The number of benzene rings is 3. The van der Waals surface area contributed by atoms with Gasteiger partial charge in [-0.1, -0.05) is 22.0 Å². The average molecular weight is 568 g/mol. The van der Waals surface area contributed by atoms with Gasteiger partial charge in [0.2, 0.25) is 0 Å². The summed E-state index contributed by atoms with van der Waals surface area (Å²) >= 11 is 5.27. The summed E-state index contributed by atoms with van der Waals surface area (Å²) in [4.78, 5) is 14.4. The van der Waals surface area contributed by atoms with E-state index in [4.69, 9.17) is 14.4 Å². The third-order valence-corrected chi connectivity index (χ3v) is 8.27. The molecule has 0 unspecified atom stereocenters. The molecule has 2 aromatic heterocycles. The van der Waals surface area contributed by atoms with E-state index >= 15 is 0 Å². The molecule has 7 rings (SSSR count). The Morgan fingerprint density at radius 1 is 0.919 bits per heavy atom. The maximum Gasteiger partial charge on any atom is 0.127 e. The van der Waals surface area contributed by atoms with E-state index in [0.717, 1.165) is 62.2 Å². The summed E-state index contributed by atoms with van der Waals surface area (Å²) in [5.41, 5.74) is 8.37. The van der Waals surface area contributed by atoms with Gasteiger partial charge in [0.05, 0.1) is 22.6 Å². The second-order valence-electron chi connectivity index (χ2n) is 9.44. The Labute approximate surface area is 227 Å². The van der Waals surface area contributed by atoms with Gasteiger partial charge in [0.25, 0.3) is 0 Å². The minimum atomic E-state index is 0.835. The highest BCUT2D eigenvalue weighted by atomic mass is 79.9. The van der Waals surface area contributed by atoms with Gasteiger partial charge in [-0.05, 0) is 96.4 Å². The third-order valence-electron chi connectivity index (χ3n) is 6.79. The van der Waals surface area contributed by atoms with Crippen LogP contribution in [0.5, 0.6) is 0 Å². The van der Waals surface area contributed by atoms with E-state index in [9.17, 15) is 0 Å². The Bertz CT molecular complexity index is 1720. The van der Waals surface area contributed by atoms with E-state index in [1.54, 1.807) is 11.3 Å². The number of fused-ring (bicyclic) bond motifs is 7. The molecule has 0 atom stereocenters. The minimum absolute atomic E-state index is 0.835. The highest BCUT2D eigenvalue weighted by Crippen LogP contribution is 2.39. The van der Waals surface area contributed by atoms with Crippen molar-refractivity contribution in [1.29, 1.82) is 0 Å². The highest BCUT2D eigenvalue weighted by molar-refractivity contribution is 9.10.